The summed E-state index contributed by atoms with van der Waals surface area (Å²) in [5.74, 6) is -1.19. The maximum Gasteiger partial charge on any atom is 0.311 e. The lowest BCUT2D eigenvalue weighted by atomic mass is 10.1. The van der Waals surface area contributed by atoms with Crippen molar-refractivity contribution in [1.29, 1.82) is 0 Å². The smallest absolute Gasteiger partial charge is 0.311 e. The Morgan fingerprint density at radius 1 is 1.15 bits per heavy atom. The predicted octanol–water partition coefficient (Wildman–Crippen LogP) is 0.522. The van der Waals surface area contributed by atoms with Gasteiger partial charge in [-0.3, -0.25) is 14.4 Å². The van der Waals surface area contributed by atoms with Crippen molar-refractivity contribution in [3.05, 3.63) is 18.2 Å². The van der Waals surface area contributed by atoms with E-state index in [1.807, 2.05) is 0 Å². The number of carbonyl (C=O) groups is 3. The number of rotatable bonds is 8. The summed E-state index contributed by atoms with van der Waals surface area (Å²) in [7, 11) is 3.09. The number of nitrogens with zero attached hydrogens (tertiary/aromatic N) is 1. The van der Waals surface area contributed by atoms with Crippen molar-refractivity contribution in [2.24, 2.45) is 5.92 Å². The standard InChI is InChI=1S/C18H24N2O7/c1-25-13-8-14(26-2)10-15(9-13)27-7-3-5-19-16(21)17(22)20-6-4-12(11-20)18(23)24/h8-10,12H,3-7,11H2,1-2H3,(H,19,21)(H,23,24). The van der Waals surface area contributed by atoms with Gasteiger partial charge in [0, 0.05) is 37.8 Å². The molecule has 0 saturated carbocycles. The van der Waals surface area contributed by atoms with Gasteiger partial charge >= 0.3 is 17.8 Å². The van der Waals surface area contributed by atoms with Crippen molar-refractivity contribution in [3.63, 3.8) is 0 Å². The number of methoxy groups -OCH3 is 2. The van der Waals surface area contributed by atoms with Crippen LogP contribution in [0, 0.1) is 5.92 Å². The molecular weight excluding hydrogens is 356 g/mol. The highest BCUT2D eigenvalue weighted by Crippen LogP contribution is 2.27. The van der Waals surface area contributed by atoms with Gasteiger partial charge in [0.15, 0.2) is 0 Å². The number of hydrogen-bond donors (Lipinski definition) is 2. The fraction of sp³-hybridized carbons (Fsp3) is 0.500. The van der Waals surface area contributed by atoms with Crippen LogP contribution < -0.4 is 19.5 Å². The van der Waals surface area contributed by atoms with Gasteiger partial charge in [0.2, 0.25) is 0 Å². The Kier molecular flexibility index (Phi) is 7.27. The van der Waals surface area contributed by atoms with Crippen molar-refractivity contribution in [2.75, 3.05) is 40.5 Å². The summed E-state index contributed by atoms with van der Waals surface area (Å²) in [5, 5.41) is 11.5. The maximum atomic E-state index is 12.0. The fourth-order valence-corrected chi connectivity index (χ4v) is 2.69. The van der Waals surface area contributed by atoms with Crippen LogP contribution in [0.3, 0.4) is 0 Å². The van der Waals surface area contributed by atoms with Gasteiger partial charge < -0.3 is 29.5 Å². The molecule has 1 aliphatic rings. The zero-order chi connectivity index (χ0) is 19.8. The van der Waals surface area contributed by atoms with Gasteiger partial charge in [-0.2, -0.15) is 0 Å². The van der Waals surface area contributed by atoms with Crippen LogP contribution in [0.1, 0.15) is 12.8 Å². The first-order valence-electron chi connectivity index (χ1n) is 8.60. The highest BCUT2D eigenvalue weighted by molar-refractivity contribution is 6.35. The minimum Gasteiger partial charge on any atom is -0.496 e. The number of nitrogens with one attached hydrogen (secondary N) is 1. The molecule has 2 rings (SSSR count). The van der Waals surface area contributed by atoms with E-state index in [1.165, 1.54) is 4.90 Å². The number of carbonyl (C=O) groups excluding carboxylic acids is 2. The second-order valence-corrected chi connectivity index (χ2v) is 6.08. The lowest BCUT2D eigenvalue weighted by molar-refractivity contribution is -0.146. The minimum atomic E-state index is -0.947. The Morgan fingerprint density at radius 2 is 1.78 bits per heavy atom. The molecule has 2 amide bonds. The average Bonchev–Trinajstić information content (AvgIpc) is 3.17. The Labute approximate surface area is 157 Å². The minimum absolute atomic E-state index is 0.0718. The third-order valence-corrected chi connectivity index (χ3v) is 4.22. The maximum absolute atomic E-state index is 12.0. The number of carboxylic acids is 1. The van der Waals surface area contributed by atoms with E-state index in [2.05, 4.69) is 5.32 Å². The molecule has 1 aromatic rings. The third-order valence-electron chi connectivity index (χ3n) is 4.22. The van der Waals surface area contributed by atoms with Gasteiger partial charge in [0.25, 0.3) is 0 Å². The quantitative estimate of drug-likeness (QED) is 0.499. The van der Waals surface area contributed by atoms with Gasteiger partial charge in [0.05, 0.1) is 26.7 Å². The fourth-order valence-electron chi connectivity index (χ4n) is 2.69. The summed E-state index contributed by atoms with van der Waals surface area (Å²) in [6.45, 7) is 0.948. The number of hydrogen-bond acceptors (Lipinski definition) is 6. The molecule has 1 saturated heterocycles. The number of aliphatic carboxylic acids is 1. The largest absolute Gasteiger partial charge is 0.496 e. The highest BCUT2D eigenvalue weighted by atomic mass is 16.5. The Balaban J connectivity index is 1.70. The molecule has 0 aliphatic carbocycles. The molecule has 9 nitrogen and oxygen atoms in total. The lowest BCUT2D eigenvalue weighted by Crippen LogP contribution is -2.42. The van der Waals surface area contributed by atoms with E-state index in [0.29, 0.717) is 36.7 Å². The van der Waals surface area contributed by atoms with Crippen LogP contribution in [0.15, 0.2) is 18.2 Å². The number of amides is 2. The third kappa shape index (κ3) is 5.77. The topological polar surface area (TPSA) is 114 Å². The number of ether oxygens (including phenoxy) is 3. The summed E-state index contributed by atoms with van der Waals surface area (Å²) < 4.78 is 15.9. The van der Waals surface area contributed by atoms with E-state index < -0.39 is 23.7 Å². The van der Waals surface area contributed by atoms with E-state index >= 15 is 0 Å². The normalized spacial score (nSPS) is 15.9. The first kappa shape index (κ1) is 20.3. The molecule has 1 aliphatic heterocycles. The average molecular weight is 380 g/mol. The molecule has 1 aromatic carbocycles. The van der Waals surface area contributed by atoms with Gasteiger partial charge in [-0.1, -0.05) is 0 Å². The number of carboxylic acid groups (broad SMARTS) is 1. The SMILES string of the molecule is COc1cc(OC)cc(OCCCNC(=O)C(=O)N2CCC(C(=O)O)C2)c1. The summed E-state index contributed by atoms with van der Waals surface area (Å²) >= 11 is 0. The summed E-state index contributed by atoms with van der Waals surface area (Å²) in [6.07, 6.45) is 0.864. The van der Waals surface area contributed by atoms with Crippen LogP contribution in [0.4, 0.5) is 0 Å². The van der Waals surface area contributed by atoms with Crippen LogP contribution in [0.2, 0.25) is 0 Å². The molecule has 27 heavy (non-hydrogen) atoms. The van der Waals surface area contributed by atoms with Gasteiger partial charge in [0.1, 0.15) is 17.2 Å². The molecule has 2 N–H and O–H groups in total. The second kappa shape index (κ2) is 9.65. The van der Waals surface area contributed by atoms with E-state index in [9.17, 15) is 14.4 Å². The Bertz CT molecular complexity index is 670. The van der Waals surface area contributed by atoms with E-state index in [0.717, 1.165) is 0 Å². The van der Waals surface area contributed by atoms with Crippen molar-refractivity contribution >= 4 is 17.8 Å². The predicted molar refractivity (Wildman–Crippen MR) is 95.0 cm³/mol. The second-order valence-electron chi connectivity index (χ2n) is 6.08. The summed E-state index contributed by atoms with van der Waals surface area (Å²) in [6, 6.07) is 5.17. The van der Waals surface area contributed by atoms with Crippen molar-refractivity contribution in [1.82, 2.24) is 10.2 Å². The van der Waals surface area contributed by atoms with Crippen molar-refractivity contribution in [2.45, 2.75) is 12.8 Å². The monoisotopic (exact) mass is 380 g/mol. The van der Waals surface area contributed by atoms with Gasteiger partial charge in [-0.25, -0.2) is 0 Å². The molecule has 0 bridgehead atoms. The molecule has 1 unspecified atom stereocenters. The first-order valence-corrected chi connectivity index (χ1v) is 8.60. The molecule has 0 aromatic heterocycles. The zero-order valence-corrected chi connectivity index (χ0v) is 15.4. The molecular formula is C18H24N2O7. The van der Waals surface area contributed by atoms with Crippen LogP contribution in [-0.2, 0) is 14.4 Å². The van der Waals surface area contributed by atoms with Crippen LogP contribution >= 0.6 is 0 Å². The first-order chi connectivity index (χ1) is 12.9. The number of likely N-dealkylation sites (tertiary alicyclic amines) is 1. The van der Waals surface area contributed by atoms with Crippen molar-refractivity contribution in [3.8, 4) is 17.2 Å². The molecule has 1 heterocycles. The van der Waals surface area contributed by atoms with E-state index in [-0.39, 0.29) is 19.6 Å². The van der Waals surface area contributed by atoms with Crippen LogP contribution in [0.5, 0.6) is 17.2 Å². The molecule has 0 radical (unpaired) electrons. The van der Waals surface area contributed by atoms with E-state index in [4.69, 9.17) is 19.3 Å². The molecule has 0 spiro atoms. The molecule has 9 heteroatoms. The van der Waals surface area contributed by atoms with Gasteiger partial charge in [-0.15, -0.1) is 0 Å². The van der Waals surface area contributed by atoms with Crippen LogP contribution in [0.25, 0.3) is 0 Å². The summed E-state index contributed by atoms with van der Waals surface area (Å²) in [4.78, 5) is 36.1. The highest BCUT2D eigenvalue weighted by Gasteiger charge is 2.33. The molecule has 148 valence electrons. The van der Waals surface area contributed by atoms with Gasteiger partial charge in [-0.05, 0) is 12.8 Å². The number of benzene rings is 1. The Morgan fingerprint density at radius 3 is 2.33 bits per heavy atom. The lowest BCUT2D eigenvalue weighted by Gasteiger charge is -2.15. The van der Waals surface area contributed by atoms with E-state index in [1.54, 1.807) is 32.4 Å². The van der Waals surface area contributed by atoms with Crippen LogP contribution in [-0.4, -0.2) is 68.3 Å². The van der Waals surface area contributed by atoms with Crippen molar-refractivity contribution < 1.29 is 33.7 Å². The molecule has 1 fully saturated rings. The zero-order valence-electron chi connectivity index (χ0n) is 15.4. The Hall–Kier alpha value is -2.97. The summed E-state index contributed by atoms with van der Waals surface area (Å²) in [5.41, 5.74) is 0. The molecule has 1 atom stereocenters.